The average molecular weight is 516 g/mol. The van der Waals surface area contributed by atoms with Gasteiger partial charge in [0.1, 0.15) is 18.8 Å². The molecule has 3 N–H and O–H groups in total. The van der Waals surface area contributed by atoms with Gasteiger partial charge in [0.2, 0.25) is 5.91 Å². The number of hydrogen-bond acceptors (Lipinski definition) is 6. The number of carbonyl (C=O) groups excluding carboxylic acids is 3. The first-order valence-electron chi connectivity index (χ1n) is 11.6. The molecule has 4 amide bonds. The molecule has 1 heterocycles. The van der Waals surface area contributed by atoms with E-state index in [1.165, 1.54) is 25.3 Å². The third kappa shape index (κ3) is 6.16. The van der Waals surface area contributed by atoms with Crippen LogP contribution in [-0.4, -0.2) is 47.5 Å². The first-order valence-corrected chi connectivity index (χ1v) is 11.6. The number of imide groups is 1. The zero-order valence-corrected chi connectivity index (χ0v) is 20.7. The number of carboxylic acids is 1. The van der Waals surface area contributed by atoms with Gasteiger partial charge in [-0.1, -0.05) is 35.9 Å². The maximum atomic E-state index is 12.8. The summed E-state index contributed by atoms with van der Waals surface area (Å²) in [6.45, 7) is 1.60. The van der Waals surface area contributed by atoms with Crippen molar-refractivity contribution in [2.45, 2.75) is 13.5 Å². The summed E-state index contributed by atoms with van der Waals surface area (Å²) in [5.41, 5.74) is 2.99. The molecule has 0 aromatic heterocycles. The van der Waals surface area contributed by atoms with E-state index in [9.17, 15) is 19.2 Å². The fraction of sp³-hybridized carbons (Fsp3) is 0.143. The van der Waals surface area contributed by atoms with Crippen molar-refractivity contribution < 1.29 is 33.8 Å². The van der Waals surface area contributed by atoms with Gasteiger partial charge in [-0.3, -0.25) is 9.59 Å². The molecule has 1 aliphatic rings. The first-order chi connectivity index (χ1) is 18.2. The lowest BCUT2D eigenvalue weighted by atomic mass is 10.1. The van der Waals surface area contributed by atoms with E-state index in [1.807, 2.05) is 19.1 Å². The molecular formula is C28H25N3O7. The van der Waals surface area contributed by atoms with E-state index in [4.69, 9.17) is 14.6 Å². The van der Waals surface area contributed by atoms with Crippen molar-refractivity contribution in [1.82, 2.24) is 10.2 Å². The highest BCUT2D eigenvalue weighted by Gasteiger charge is 2.35. The highest BCUT2D eigenvalue weighted by atomic mass is 16.5. The van der Waals surface area contributed by atoms with E-state index >= 15 is 0 Å². The molecule has 1 aliphatic heterocycles. The minimum Gasteiger partial charge on any atom is -0.493 e. The third-order valence-corrected chi connectivity index (χ3v) is 5.67. The minimum atomic E-state index is -1.03. The molecule has 3 aromatic rings. The number of anilines is 1. The Kier molecular flexibility index (Phi) is 7.72. The van der Waals surface area contributed by atoms with E-state index in [0.717, 1.165) is 10.5 Å². The number of rotatable bonds is 9. The number of amides is 4. The summed E-state index contributed by atoms with van der Waals surface area (Å²) in [7, 11) is 1.46. The Labute approximate surface area is 218 Å². The summed E-state index contributed by atoms with van der Waals surface area (Å²) in [5.74, 6) is -1.38. The van der Waals surface area contributed by atoms with Crippen LogP contribution in [0.25, 0.3) is 6.08 Å². The van der Waals surface area contributed by atoms with Crippen molar-refractivity contribution in [3.05, 3.63) is 94.7 Å². The Balaban J connectivity index is 1.42. The molecule has 0 bridgehead atoms. The fourth-order valence-electron chi connectivity index (χ4n) is 3.71. The maximum absolute atomic E-state index is 12.8. The number of hydrogen-bond donors (Lipinski definition) is 3. The molecule has 1 fully saturated rings. The van der Waals surface area contributed by atoms with Crippen LogP contribution in [0.1, 0.15) is 27.0 Å². The van der Waals surface area contributed by atoms with Gasteiger partial charge in [0.15, 0.2) is 11.5 Å². The summed E-state index contributed by atoms with van der Waals surface area (Å²) < 4.78 is 11.2. The number of nitrogens with one attached hydrogen (secondary N) is 2. The summed E-state index contributed by atoms with van der Waals surface area (Å²) in [6.07, 6.45) is 1.47. The monoisotopic (exact) mass is 515 g/mol. The number of methoxy groups -OCH3 is 1. The Hall–Kier alpha value is -5.12. The zero-order chi connectivity index (χ0) is 27.2. The Morgan fingerprint density at radius 2 is 1.79 bits per heavy atom. The second-order valence-corrected chi connectivity index (χ2v) is 8.50. The number of benzene rings is 3. The summed E-state index contributed by atoms with van der Waals surface area (Å²) in [4.78, 5) is 49.6. The first kappa shape index (κ1) is 26.0. The number of ether oxygens (including phenoxy) is 2. The number of aromatic carboxylic acids is 1. The molecule has 10 heteroatoms. The van der Waals surface area contributed by atoms with Gasteiger partial charge < -0.3 is 25.2 Å². The highest BCUT2D eigenvalue weighted by Crippen LogP contribution is 2.30. The molecule has 38 heavy (non-hydrogen) atoms. The second-order valence-electron chi connectivity index (χ2n) is 8.50. The highest BCUT2D eigenvalue weighted by molar-refractivity contribution is 6.16. The lowest BCUT2D eigenvalue weighted by Crippen LogP contribution is -2.38. The van der Waals surface area contributed by atoms with Crippen LogP contribution < -0.4 is 20.1 Å². The van der Waals surface area contributed by atoms with Gasteiger partial charge in [-0.25, -0.2) is 14.5 Å². The van der Waals surface area contributed by atoms with Crippen LogP contribution in [0.15, 0.2) is 72.4 Å². The van der Waals surface area contributed by atoms with Crippen molar-refractivity contribution in [2.75, 3.05) is 19.0 Å². The summed E-state index contributed by atoms with van der Waals surface area (Å²) >= 11 is 0. The van der Waals surface area contributed by atoms with Gasteiger partial charge in [0.25, 0.3) is 5.91 Å². The molecule has 194 valence electrons. The van der Waals surface area contributed by atoms with Gasteiger partial charge in [-0.2, -0.15) is 0 Å². The van der Waals surface area contributed by atoms with Gasteiger partial charge in [0.05, 0.1) is 12.7 Å². The van der Waals surface area contributed by atoms with E-state index < -0.39 is 30.4 Å². The molecule has 4 rings (SSSR count). The van der Waals surface area contributed by atoms with Crippen LogP contribution in [-0.2, 0) is 16.2 Å². The smallest absolute Gasteiger partial charge is 0.335 e. The molecule has 0 radical (unpaired) electrons. The molecule has 10 nitrogen and oxygen atoms in total. The van der Waals surface area contributed by atoms with Gasteiger partial charge in [-0.05, 0) is 60.5 Å². The van der Waals surface area contributed by atoms with E-state index in [-0.39, 0.29) is 17.9 Å². The van der Waals surface area contributed by atoms with Crippen molar-refractivity contribution >= 4 is 35.6 Å². The van der Waals surface area contributed by atoms with Crippen molar-refractivity contribution in [3.63, 3.8) is 0 Å². The molecule has 0 saturated carbocycles. The molecule has 1 saturated heterocycles. The minimum absolute atomic E-state index is 0.0133. The zero-order valence-electron chi connectivity index (χ0n) is 20.7. The van der Waals surface area contributed by atoms with Crippen LogP contribution in [0.5, 0.6) is 11.5 Å². The molecular weight excluding hydrogens is 490 g/mol. The normalized spacial score (nSPS) is 13.8. The number of urea groups is 1. The molecule has 0 atom stereocenters. The summed E-state index contributed by atoms with van der Waals surface area (Å²) in [6, 6.07) is 17.8. The average Bonchev–Trinajstić information content (AvgIpc) is 3.16. The third-order valence-electron chi connectivity index (χ3n) is 5.67. The number of nitrogens with zero attached hydrogens (tertiary/aromatic N) is 1. The maximum Gasteiger partial charge on any atom is 0.335 e. The van der Waals surface area contributed by atoms with Crippen LogP contribution in [0, 0.1) is 6.92 Å². The lowest BCUT2D eigenvalue weighted by Gasteiger charge is -2.12. The molecule has 0 unspecified atom stereocenters. The number of carboxylic acid groups (broad SMARTS) is 1. The Morgan fingerprint density at radius 3 is 2.50 bits per heavy atom. The standard InChI is InChI=1S/C28H25N3O7/c1-17-6-9-21(10-7-17)29-25(32)15-31-26(33)22(30-28(31)36)13-18-8-11-23(24(14-18)37-2)38-16-19-4-3-5-20(12-19)27(34)35/h3-14H,15-16H2,1-2H3,(H,29,32)(H,30,36)(H,34,35)/b22-13+. The number of carbonyl (C=O) groups is 4. The topological polar surface area (TPSA) is 134 Å². The van der Waals surface area contributed by atoms with Crippen molar-refractivity contribution in [3.8, 4) is 11.5 Å². The summed E-state index contributed by atoms with van der Waals surface area (Å²) in [5, 5.41) is 14.3. The largest absolute Gasteiger partial charge is 0.493 e. The molecule has 0 aliphatic carbocycles. The van der Waals surface area contributed by atoms with E-state index in [1.54, 1.807) is 42.5 Å². The lowest BCUT2D eigenvalue weighted by molar-refractivity contribution is -0.127. The Morgan fingerprint density at radius 1 is 1.03 bits per heavy atom. The van der Waals surface area contributed by atoms with Gasteiger partial charge in [0, 0.05) is 5.69 Å². The quantitative estimate of drug-likeness (QED) is 0.291. The van der Waals surface area contributed by atoms with Gasteiger partial charge >= 0.3 is 12.0 Å². The SMILES string of the molecule is COc1cc(/C=C2/NC(=O)N(CC(=O)Nc3ccc(C)cc3)C2=O)ccc1OCc1cccc(C(=O)O)c1. The Bertz CT molecular complexity index is 1430. The molecule has 3 aromatic carbocycles. The van der Waals surface area contributed by atoms with Crippen LogP contribution >= 0.6 is 0 Å². The van der Waals surface area contributed by atoms with Crippen molar-refractivity contribution in [2.24, 2.45) is 0 Å². The van der Waals surface area contributed by atoms with E-state index in [0.29, 0.717) is 28.3 Å². The predicted molar refractivity (Wildman–Crippen MR) is 139 cm³/mol. The van der Waals surface area contributed by atoms with Crippen LogP contribution in [0.4, 0.5) is 10.5 Å². The van der Waals surface area contributed by atoms with Crippen molar-refractivity contribution in [1.29, 1.82) is 0 Å². The number of aryl methyl sites for hydroxylation is 1. The predicted octanol–water partition coefficient (Wildman–Crippen LogP) is 3.81. The van der Waals surface area contributed by atoms with E-state index in [2.05, 4.69) is 10.6 Å². The van der Waals surface area contributed by atoms with Gasteiger partial charge in [-0.15, -0.1) is 0 Å². The fourth-order valence-corrected chi connectivity index (χ4v) is 3.71. The van der Waals surface area contributed by atoms with Crippen LogP contribution in [0.2, 0.25) is 0 Å². The second kappa shape index (κ2) is 11.3. The molecule has 0 spiro atoms. The van der Waals surface area contributed by atoms with Crippen LogP contribution in [0.3, 0.4) is 0 Å².